The molecule has 36 heavy (non-hydrogen) atoms. The van der Waals surface area contributed by atoms with E-state index in [0.717, 1.165) is 25.7 Å². The predicted molar refractivity (Wildman–Crippen MR) is 135 cm³/mol. The number of carbonyl (C=O) groups excluding carboxylic acids is 3. The average molecular weight is 491 g/mol. The Bertz CT molecular complexity index is 1210. The first-order valence-corrected chi connectivity index (χ1v) is 11.9. The second kappa shape index (κ2) is 11.1. The zero-order valence-electron chi connectivity index (χ0n) is 20.7. The van der Waals surface area contributed by atoms with Crippen molar-refractivity contribution >= 4 is 23.3 Å². The van der Waals surface area contributed by atoms with Crippen LogP contribution in [0.15, 0.2) is 65.3 Å². The molecule has 1 aliphatic carbocycles. The predicted octanol–water partition coefficient (Wildman–Crippen LogP) is 4.95. The van der Waals surface area contributed by atoms with E-state index in [1.807, 2.05) is 0 Å². The van der Waals surface area contributed by atoms with Crippen LogP contribution < -0.4 is 19.7 Å². The van der Waals surface area contributed by atoms with E-state index in [9.17, 15) is 14.4 Å². The van der Waals surface area contributed by atoms with E-state index >= 15 is 0 Å². The molecule has 1 saturated carbocycles. The molecule has 2 aromatic carbocycles. The fourth-order valence-corrected chi connectivity index (χ4v) is 4.55. The van der Waals surface area contributed by atoms with Crippen LogP contribution >= 0.6 is 0 Å². The molecule has 0 bridgehead atoms. The molecule has 4 rings (SSSR count). The maximum absolute atomic E-state index is 13.9. The van der Waals surface area contributed by atoms with Gasteiger partial charge in [0.05, 0.1) is 20.5 Å². The third-order valence-electron chi connectivity index (χ3n) is 6.43. The first-order valence-electron chi connectivity index (χ1n) is 11.9. The summed E-state index contributed by atoms with van der Waals surface area (Å²) in [6, 6.07) is 13.9. The molecule has 0 unspecified atom stereocenters. The van der Waals surface area contributed by atoms with Crippen LogP contribution in [-0.2, 0) is 4.79 Å². The molecule has 0 aliphatic heterocycles. The minimum atomic E-state index is -1.04. The molecule has 0 spiro atoms. The SMILES string of the molecule is COc1ccc([C@@H](C(=O)NC2CCCC2)N(C(=O)c2ccco2)c2ccc(C(C)=O)cc2)cc1OC. The summed E-state index contributed by atoms with van der Waals surface area (Å²) >= 11 is 0. The van der Waals surface area contributed by atoms with Crippen LogP contribution in [0.1, 0.15) is 65.1 Å². The number of rotatable bonds is 9. The van der Waals surface area contributed by atoms with Crippen molar-refractivity contribution in [2.75, 3.05) is 19.1 Å². The maximum atomic E-state index is 13.9. The summed E-state index contributed by atoms with van der Waals surface area (Å²) < 4.78 is 16.3. The lowest BCUT2D eigenvalue weighted by Crippen LogP contribution is -2.46. The van der Waals surface area contributed by atoms with Gasteiger partial charge >= 0.3 is 0 Å². The van der Waals surface area contributed by atoms with E-state index < -0.39 is 11.9 Å². The van der Waals surface area contributed by atoms with Crippen molar-refractivity contribution in [3.05, 3.63) is 77.7 Å². The summed E-state index contributed by atoms with van der Waals surface area (Å²) in [7, 11) is 3.05. The number of nitrogens with zero attached hydrogens (tertiary/aromatic N) is 1. The van der Waals surface area contributed by atoms with E-state index in [1.54, 1.807) is 54.6 Å². The van der Waals surface area contributed by atoms with Gasteiger partial charge in [-0.3, -0.25) is 19.3 Å². The zero-order valence-corrected chi connectivity index (χ0v) is 20.7. The number of amides is 2. The summed E-state index contributed by atoms with van der Waals surface area (Å²) in [5.41, 5.74) is 1.49. The molecule has 188 valence electrons. The fraction of sp³-hybridized carbons (Fsp3) is 0.321. The van der Waals surface area contributed by atoms with Crippen LogP contribution in [0, 0.1) is 0 Å². The van der Waals surface area contributed by atoms with Gasteiger partial charge in [-0.2, -0.15) is 0 Å². The summed E-state index contributed by atoms with van der Waals surface area (Å²) in [6.07, 6.45) is 5.29. The first kappa shape index (κ1) is 25.0. The highest BCUT2D eigenvalue weighted by Gasteiger charge is 2.36. The molecule has 3 aromatic rings. The second-order valence-electron chi connectivity index (χ2n) is 8.76. The number of Topliss-reactive ketones (excluding diaryl/α,β-unsaturated/α-hetero) is 1. The Balaban J connectivity index is 1.85. The Labute approximate surface area is 210 Å². The fourth-order valence-electron chi connectivity index (χ4n) is 4.55. The highest BCUT2D eigenvalue weighted by molar-refractivity contribution is 6.09. The van der Waals surface area contributed by atoms with Gasteiger partial charge in [0.15, 0.2) is 23.0 Å². The lowest BCUT2D eigenvalue weighted by Gasteiger charge is -2.32. The third kappa shape index (κ3) is 5.27. The van der Waals surface area contributed by atoms with Crippen molar-refractivity contribution in [2.24, 2.45) is 0 Å². The van der Waals surface area contributed by atoms with Crippen molar-refractivity contribution in [3.8, 4) is 11.5 Å². The molecular formula is C28H30N2O6. The molecular weight excluding hydrogens is 460 g/mol. The number of anilines is 1. The Hall–Kier alpha value is -4.07. The number of hydrogen-bond acceptors (Lipinski definition) is 6. The lowest BCUT2D eigenvalue weighted by atomic mass is 10.0. The molecule has 1 fully saturated rings. The molecule has 1 atom stereocenters. The van der Waals surface area contributed by atoms with Crippen LogP contribution in [0.2, 0.25) is 0 Å². The Morgan fingerprint density at radius 1 is 0.972 bits per heavy atom. The van der Waals surface area contributed by atoms with Crippen molar-refractivity contribution in [3.63, 3.8) is 0 Å². The Kier molecular flexibility index (Phi) is 7.73. The quantitative estimate of drug-likeness (QED) is 0.427. The largest absolute Gasteiger partial charge is 0.493 e. The molecule has 1 heterocycles. The van der Waals surface area contributed by atoms with E-state index in [0.29, 0.717) is 28.3 Å². The minimum Gasteiger partial charge on any atom is -0.493 e. The number of benzene rings is 2. The van der Waals surface area contributed by atoms with Crippen LogP contribution in [0.25, 0.3) is 0 Å². The molecule has 8 nitrogen and oxygen atoms in total. The number of nitrogens with one attached hydrogen (secondary N) is 1. The lowest BCUT2D eigenvalue weighted by molar-refractivity contribution is -0.123. The van der Waals surface area contributed by atoms with Gasteiger partial charge in [-0.05, 0) is 73.9 Å². The second-order valence-corrected chi connectivity index (χ2v) is 8.76. The highest BCUT2D eigenvalue weighted by Crippen LogP contribution is 2.36. The number of hydrogen-bond donors (Lipinski definition) is 1. The molecule has 1 N–H and O–H groups in total. The van der Waals surface area contributed by atoms with Gasteiger partial charge in [0.25, 0.3) is 5.91 Å². The Morgan fingerprint density at radius 2 is 1.67 bits per heavy atom. The van der Waals surface area contributed by atoms with Crippen LogP contribution in [0.3, 0.4) is 0 Å². The topological polar surface area (TPSA) is 98.1 Å². The van der Waals surface area contributed by atoms with E-state index in [1.165, 1.54) is 32.3 Å². The van der Waals surface area contributed by atoms with Gasteiger partial charge in [-0.1, -0.05) is 18.9 Å². The molecule has 2 amide bonds. The minimum absolute atomic E-state index is 0.0424. The molecule has 0 saturated heterocycles. The summed E-state index contributed by atoms with van der Waals surface area (Å²) in [4.78, 5) is 40.9. The van der Waals surface area contributed by atoms with Gasteiger partial charge in [0, 0.05) is 17.3 Å². The normalized spacial score (nSPS) is 14.2. The van der Waals surface area contributed by atoms with Gasteiger partial charge in [-0.15, -0.1) is 0 Å². The molecule has 1 aromatic heterocycles. The van der Waals surface area contributed by atoms with Gasteiger partial charge < -0.3 is 19.2 Å². The third-order valence-corrected chi connectivity index (χ3v) is 6.43. The number of carbonyl (C=O) groups is 3. The number of methoxy groups -OCH3 is 2. The van der Waals surface area contributed by atoms with Crippen LogP contribution in [0.5, 0.6) is 11.5 Å². The Morgan fingerprint density at radius 3 is 2.25 bits per heavy atom. The number of ketones is 1. The molecule has 0 radical (unpaired) electrons. The van der Waals surface area contributed by atoms with Crippen molar-refractivity contribution in [1.82, 2.24) is 5.32 Å². The highest BCUT2D eigenvalue weighted by atomic mass is 16.5. The van der Waals surface area contributed by atoms with Crippen LogP contribution in [0.4, 0.5) is 5.69 Å². The van der Waals surface area contributed by atoms with Crippen molar-refractivity contribution in [2.45, 2.75) is 44.7 Å². The van der Waals surface area contributed by atoms with Crippen LogP contribution in [-0.4, -0.2) is 37.9 Å². The maximum Gasteiger partial charge on any atom is 0.294 e. The van der Waals surface area contributed by atoms with Gasteiger partial charge in [0.2, 0.25) is 5.91 Å². The number of ether oxygens (including phenoxy) is 2. The summed E-state index contributed by atoms with van der Waals surface area (Å²) in [5, 5.41) is 3.13. The number of furan rings is 1. The summed E-state index contributed by atoms with van der Waals surface area (Å²) in [6.45, 7) is 1.47. The van der Waals surface area contributed by atoms with Crippen molar-refractivity contribution in [1.29, 1.82) is 0 Å². The average Bonchev–Trinajstić information content (AvgIpc) is 3.61. The van der Waals surface area contributed by atoms with E-state index in [2.05, 4.69) is 5.32 Å². The molecule has 1 aliphatic rings. The molecule has 8 heteroatoms. The zero-order chi connectivity index (χ0) is 25.7. The standard InChI is InChI=1S/C28H30N2O6/c1-18(31)19-10-13-22(14-11-19)30(28(33)24-9-6-16-36-24)26(27(32)29-21-7-4-5-8-21)20-12-15-23(34-2)25(17-20)35-3/h6,9-17,21,26H,4-5,7-8H2,1-3H3,(H,29,32)/t26-/m0/s1. The smallest absolute Gasteiger partial charge is 0.294 e. The van der Waals surface area contributed by atoms with E-state index in [-0.39, 0.29) is 23.5 Å². The monoisotopic (exact) mass is 490 g/mol. The van der Waals surface area contributed by atoms with Crippen molar-refractivity contribution < 1.29 is 28.3 Å². The van der Waals surface area contributed by atoms with E-state index in [4.69, 9.17) is 13.9 Å². The van der Waals surface area contributed by atoms with Gasteiger partial charge in [0.1, 0.15) is 6.04 Å². The van der Waals surface area contributed by atoms with Gasteiger partial charge in [-0.25, -0.2) is 0 Å². The first-order chi connectivity index (χ1) is 17.4. The summed E-state index contributed by atoms with van der Waals surface area (Å²) in [5.74, 6) is 0.129.